The maximum atomic E-state index is 12.4. The lowest BCUT2D eigenvalue weighted by Gasteiger charge is -2.14. The van der Waals surface area contributed by atoms with Gasteiger partial charge in [0.25, 0.3) is 0 Å². The summed E-state index contributed by atoms with van der Waals surface area (Å²) in [6, 6.07) is 0. The van der Waals surface area contributed by atoms with Crippen LogP contribution in [0.4, 0.5) is 18.3 Å². The van der Waals surface area contributed by atoms with Crippen LogP contribution < -0.4 is 10.0 Å². The number of nitrogens with two attached hydrogens (primary N) is 1. The Hall–Kier alpha value is -0.870. The second kappa shape index (κ2) is 4.35. The molecule has 1 atom stereocenters. The van der Waals surface area contributed by atoms with Crippen molar-refractivity contribution in [1.29, 1.82) is 0 Å². The number of primary sulfonamides is 1. The van der Waals surface area contributed by atoms with Crippen LogP contribution in [-0.2, 0) is 16.2 Å². The van der Waals surface area contributed by atoms with Crippen LogP contribution in [0.1, 0.15) is 12.1 Å². The standard InChI is InChI=1S/C8H10F3N3O2S2/c9-8(10,11)6-4-17-7(13-6)14-2-1-5(3-14)18(12,15)16/h4-5H,1-3H2,(H2,12,15,16). The first kappa shape index (κ1) is 13.6. The molecule has 0 saturated carbocycles. The molecule has 1 aliphatic rings. The summed E-state index contributed by atoms with van der Waals surface area (Å²) in [7, 11) is -3.65. The van der Waals surface area contributed by atoms with E-state index in [0.717, 1.165) is 16.7 Å². The molecule has 5 nitrogen and oxygen atoms in total. The van der Waals surface area contributed by atoms with Gasteiger partial charge in [0.15, 0.2) is 10.8 Å². The summed E-state index contributed by atoms with van der Waals surface area (Å²) in [5.74, 6) is 0. The van der Waals surface area contributed by atoms with Crippen molar-refractivity contribution in [2.75, 3.05) is 18.0 Å². The smallest absolute Gasteiger partial charge is 0.347 e. The zero-order valence-corrected chi connectivity index (χ0v) is 10.6. The highest BCUT2D eigenvalue weighted by molar-refractivity contribution is 7.89. The maximum absolute atomic E-state index is 12.4. The van der Waals surface area contributed by atoms with E-state index in [1.807, 2.05) is 0 Å². The molecule has 1 aromatic heterocycles. The lowest BCUT2D eigenvalue weighted by atomic mass is 10.4. The van der Waals surface area contributed by atoms with Crippen LogP contribution in [0, 0.1) is 0 Å². The first-order valence-electron chi connectivity index (χ1n) is 4.97. The molecule has 1 fully saturated rings. The van der Waals surface area contributed by atoms with Crippen LogP contribution in [0.5, 0.6) is 0 Å². The van der Waals surface area contributed by atoms with Gasteiger partial charge in [-0.1, -0.05) is 0 Å². The van der Waals surface area contributed by atoms with Gasteiger partial charge in [0.05, 0.1) is 5.25 Å². The van der Waals surface area contributed by atoms with Gasteiger partial charge in [-0.2, -0.15) is 13.2 Å². The molecule has 1 saturated heterocycles. The summed E-state index contributed by atoms with van der Waals surface area (Å²) in [4.78, 5) is 4.97. The van der Waals surface area contributed by atoms with Crippen LogP contribution in [0.3, 0.4) is 0 Å². The molecule has 0 aliphatic carbocycles. The monoisotopic (exact) mass is 301 g/mol. The zero-order valence-electron chi connectivity index (χ0n) is 9.01. The van der Waals surface area contributed by atoms with E-state index in [-0.39, 0.29) is 11.7 Å². The summed E-state index contributed by atoms with van der Waals surface area (Å²) in [5.41, 5.74) is -0.957. The van der Waals surface area contributed by atoms with Crippen LogP contribution in [-0.4, -0.2) is 31.7 Å². The van der Waals surface area contributed by atoms with Gasteiger partial charge in [-0.3, -0.25) is 0 Å². The Morgan fingerprint density at radius 3 is 2.61 bits per heavy atom. The number of sulfonamides is 1. The van der Waals surface area contributed by atoms with Crippen molar-refractivity contribution in [1.82, 2.24) is 4.98 Å². The van der Waals surface area contributed by atoms with Gasteiger partial charge in [0, 0.05) is 18.5 Å². The average molecular weight is 301 g/mol. The molecule has 2 rings (SSSR count). The quantitative estimate of drug-likeness (QED) is 0.885. The van der Waals surface area contributed by atoms with Gasteiger partial charge in [0.2, 0.25) is 10.0 Å². The Labute approximate surface area is 105 Å². The first-order valence-corrected chi connectivity index (χ1v) is 7.46. The van der Waals surface area contributed by atoms with Crippen LogP contribution in [0.25, 0.3) is 0 Å². The minimum Gasteiger partial charge on any atom is -0.347 e. The second-order valence-corrected chi connectivity index (χ2v) is 6.64. The van der Waals surface area contributed by atoms with Gasteiger partial charge in [-0.25, -0.2) is 18.5 Å². The number of hydrogen-bond acceptors (Lipinski definition) is 5. The van der Waals surface area contributed by atoms with Crippen LogP contribution in [0.2, 0.25) is 0 Å². The number of halogens is 3. The number of anilines is 1. The molecule has 102 valence electrons. The topological polar surface area (TPSA) is 76.3 Å². The Morgan fingerprint density at radius 2 is 2.17 bits per heavy atom. The minimum absolute atomic E-state index is 0.0869. The van der Waals surface area contributed by atoms with E-state index in [0.29, 0.717) is 13.0 Å². The second-order valence-electron chi connectivity index (χ2n) is 3.96. The van der Waals surface area contributed by atoms with Gasteiger partial charge >= 0.3 is 6.18 Å². The third kappa shape index (κ3) is 2.75. The highest BCUT2D eigenvalue weighted by Crippen LogP contribution is 2.34. The zero-order chi connectivity index (χ0) is 13.6. The van der Waals surface area contributed by atoms with Gasteiger partial charge in [-0.15, -0.1) is 11.3 Å². The highest BCUT2D eigenvalue weighted by atomic mass is 32.2. The summed E-state index contributed by atoms with van der Waals surface area (Å²) < 4.78 is 59.3. The van der Waals surface area contributed by atoms with Crippen molar-refractivity contribution >= 4 is 26.5 Å². The molecule has 0 aromatic carbocycles. The number of rotatable bonds is 2. The number of alkyl halides is 3. The van der Waals surface area contributed by atoms with E-state index >= 15 is 0 Å². The van der Waals surface area contributed by atoms with Crippen LogP contribution >= 0.6 is 11.3 Å². The van der Waals surface area contributed by atoms with Crippen molar-refractivity contribution in [2.24, 2.45) is 5.14 Å². The molecule has 2 heterocycles. The fraction of sp³-hybridized carbons (Fsp3) is 0.625. The molecular formula is C8H10F3N3O2S2. The summed E-state index contributed by atoms with van der Waals surface area (Å²) in [5, 5.41) is 5.35. The third-order valence-corrected chi connectivity index (χ3v) is 4.88. The van der Waals surface area contributed by atoms with E-state index in [1.54, 1.807) is 0 Å². The average Bonchev–Trinajstić information content (AvgIpc) is 2.84. The van der Waals surface area contributed by atoms with E-state index in [9.17, 15) is 21.6 Å². The molecule has 0 radical (unpaired) electrons. The number of aromatic nitrogens is 1. The Bertz CT molecular complexity index is 540. The van der Waals surface area contributed by atoms with E-state index < -0.39 is 27.1 Å². The molecular weight excluding hydrogens is 291 g/mol. The lowest BCUT2D eigenvalue weighted by molar-refractivity contribution is -0.140. The lowest BCUT2D eigenvalue weighted by Crippen LogP contribution is -2.31. The van der Waals surface area contributed by atoms with Crippen molar-refractivity contribution in [3.05, 3.63) is 11.1 Å². The number of nitrogens with zero attached hydrogens (tertiary/aromatic N) is 2. The molecule has 2 N–H and O–H groups in total. The van der Waals surface area contributed by atoms with Gasteiger partial charge in [0.1, 0.15) is 0 Å². The largest absolute Gasteiger partial charge is 0.434 e. The van der Waals surface area contributed by atoms with Crippen LogP contribution in [0.15, 0.2) is 5.38 Å². The van der Waals surface area contributed by atoms with Gasteiger partial charge < -0.3 is 4.90 Å². The molecule has 1 aromatic rings. The molecule has 1 aliphatic heterocycles. The molecule has 18 heavy (non-hydrogen) atoms. The SMILES string of the molecule is NS(=O)(=O)C1CCN(c2nc(C(F)(F)F)cs2)C1. The van der Waals surface area contributed by atoms with Gasteiger partial charge in [-0.05, 0) is 6.42 Å². The molecule has 0 spiro atoms. The fourth-order valence-corrected chi connectivity index (χ4v) is 3.40. The minimum atomic E-state index is -4.48. The van der Waals surface area contributed by atoms with Crippen molar-refractivity contribution < 1.29 is 21.6 Å². The highest BCUT2D eigenvalue weighted by Gasteiger charge is 2.36. The van der Waals surface area contributed by atoms with Crippen molar-refractivity contribution in [2.45, 2.75) is 17.8 Å². The van der Waals surface area contributed by atoms with Crippen molar-refractivity contribution in [3.8, 4) is 0 Å². The Balaban J connectivity index is 2.13. The number of hydrogen-bond donors (Lipinski definition) is 1. The first-order chi connectivity index (χ1) is 8.18. The Kier molecular flexibility index (Phi) is 3.28. The summed E-state index contributed by atoms with van der Waals surface area (Å²) in [6.07, 6.45) is -4.17. The Morgan fingerprint density at radius 1 is 1.50 bits per heavy atom. The molecule has 0 bridgehead atoms. The molecule has 1 unspecified atom stereocenters. The van der Waals surface area contributed by atoms with Crippen molar-refractivity contribution in [3.63, 3.8) is 0 Å². The van der Waals surface area contributed by atoms with E-state index in [1.165, 1.54) is 4.90 Å². The summed E-state index contributed by atoms with van der Waals surface area (Å²) in [6.45, 7) is 0.426. The summed E-state index contributed by atoms with van der Waals surface area (Å²) >= 11 is 0.846. The third-order valence-electron chi connectivity index (χ3n) is 2.66. The normalized spacial score (nSPS) is 21.6. The fourth-order valence-electron chi connectivity index (χ4n) is 1.71. The predicted molar refractivity (Wildman–Crippen MR) is 60.8 cm³/mol. The molecule has 10 heteroatoms. The predicted octanol–water partition coefficient (Wildman–Crippen LogP) is 1.03. The van der Waals surface area contributed by atoms with E-state index in [2.05, 4.69) is 4.98 Å². The maximum Gasteiger partial charge on any atom is 0.434 e. The number of thiazole rings is 1. The van der Waals surface area contributed by atoms with E-state index in [4.69, 9.17) is 5.14 Å². The molecule has 0 amide bonds.